The van der Waals surface area contributed by atoms with Crippen LogP contribution in [0.3, 0.4) is 0 Å². The maximum absolute atomic E-state index is 12.5. The molecule has 0 saturated heterocycles. The number of nitrogens with two attached hydrogens (primary N) is 1. The van der Waals surface area contributed by atoms with Gasteiger partial charge in [-0.2, -0.15) is 18.7 Å². The van der Waals surface area contributed by atoms with E-state index in [4.69, 9.17) is 9.57 Å². The highest BCUT2D eigenvalue weighted by Crippen LogP contribution is 2.29. The Morgan fingerprint density at radius 3 is 2.36 bits per heavy atom. The smallest absolute Gasteiger partial charge is 0.416 e. The summed E-state index contributed by atoms with van der Waals surface area (Å²) in [6, 6.07) is 12.2. The van der Waals surface area contributed by atoms with E-state index in [-0.39, 0.29) is 6.61 Å². The third-order valence-corrected chi connectivity index (χ3v) is 3.98. The van der Waals surface area contributed by atoms with Gasteiger partial charge >= 0.3 is 6.18 Å². The molecule has 1 heterocycles. The minimum atomic E-state index is -4.34. The molecule has 4 N–H and O–H groups in total. The van der Waals surface area contributed by atoms with Gasteiger partial charge in [0.2, 0.25) is 0 Å². The normalized spacial score (nSPS) is 14.1. The fraction of sp³-hybridized carbons (Fsp3) is 0.211. The van der Waals surface area contributed by atoms with E-state index in [1.54, 1.807) is 12.5 Å². The van der Waals surface area contributed by atoms with Gasteiger partial charge in [-0.1, -0.05) is 17.3 Å². The Morgan fingerprint density at radius 2 is 1.75 bits per heavy atom. The van der Waals surface area contributed by atoms with E-state index in [9.17, 15) is 13.2 Å². The highest BCUT2D eigenvalue weighted by molar-refractivity contribution is 5.98. The molecule has 0 atom stereocenters. The summed E-state index contributed by atoms with van der Waals surface area (Å²) in [5.41, 5.74) is 10.00. The third-order valence-electron chi connectivity index (χ3n) is 3.98. The van der Waals surface area contributed by atoms with Crippen molar-refractivity contribution in [2.45, 2.75) is 19.7 Å². The zero-order chi connectivity index (χ0) is 20.0. The second kappa shape index (κ2) is 8.66. The van der Waals surface area contributed by atoms with Gasteiger partial charge in [-0.3, -0.25) is 0 Å². The molecule has 9 heteroatoms. The van der Waals surface area contributed by atoms with Gasteiger partial charge in [0.05, 0.1) is 17.5 Å². The predicted octanol–water partition coefficient (Wildman–Crippen LogP) is 2.45. The number of quaternary nitrogens is 1. The Hall–Kier alpha value is -3.20. The van der Waals surface area contributed by atoms with Gasteiger partial charge in [0, 0.05) is 0 Å². The molecule has 0 saturated carbocycles. The molecule has 0 radical (unpaired) electrons. The first-order chi connectivity index (χ1) is 13.4. The zero-order valence-corrected chi connectivity index (χ0v) is 15.1. The fourth-order valence-electron chi connectivity index (χ4n) is 2.40. The molecule has 0 fully saturated rings. The molecular weight excluding hydrogens is 373 g/mol. The maximum atomic E-state index is 12.5. The lowest BCUT2D eigenvalue weighted by atomic mass is 10.1. The number of nitrogens with one attached hydrogen (secondary N) is 2. The highest BCUT2D eigenvalue weighted by atomic mass is 19.4. The largest absolute Gasteiger partial charge is 0.487 e. The van der Waals surface area contributed by atoms with Crippen molar-refractivity contribution in [3.05, 3.63) is 77.1 Å². The number of halogens is 3. The molecule has 0 aromatic heterocycles. The quantitative estimate of drug-likeness (QED) is 0.384. The molecule has 1 aliphatic heterocycles. The fourth-order valence-corrected chi connectivity index (χ4v) is 2.40. The van der Waals surface area contributed by atoms with Crippen molar-refractivity contribution in [1.29, 1.82) is 0 Å². The van der Waals surface area contributed by atoms with Crippen LogP contribution in [0.2, 0.25) is 0 Å². The average Bonchev–Trinajstić information content (AvgIpc) is 3.20. The van der Waals surface area contributed by atoms with E-state index in [1.165, 1.54) is 12.1 Å². The Morgan fingerprint density at radius 1 is 1.04 bits per heavy atom. The molecule has 0 aliphatic carbocycles. The SMILES string of the molecule is CC(=NOCc1ccc(C(F)(F)F)cc1)c1ccc(OCC2=CN[NH2+]N2)cc1. The molecule has 0 spiro atoms. The minimum absolute atomic E-state index is 0.0871. The lowest BCUT2D eigenvalue weighted by Gasteiger charge is -2.08. The first kappa shape index (κ1) is 19.6. The highest BCUT2D eigenvalue weighted by Gasteiger charge is 2.29. The number of hydrogen-bond acceptors (Lipinski definition) is 5. The van der Waals surface area contributed by atoms with Crippen LogP contribution in [0, 0.1) is 0 Å². The summed E-state index contributed by atoms with van der Waals surface area (Å²) in [6.07, 6.45) is -2.52. The van der Waals surface area contributed by atoms with Gasteiger partial charge in [0.25, 0.3) is 0 Å². The molecule has 148 valence electrons. The Bertz CT molecular complexity index is 847. The van der Waals surface area contributed by atoms with Crippen LogP contribution in [0.4, 0.5) is 13.2 Å². The Balaban J connectivity index is 1.50. The molecule has 0 unspecified atom stereocenters. The van der Waals surface area contributed by atoms with Crippen LogP contribution in [-0.2, 0) is 17.6 Å². The molecule has 2 aromatic rings. The predicted molar refractivity (Wildman–Crippen MR) is 96.7 cm³/mol. The van der Waals surface area contributed by atoms with Gasteiger partial charge in [0.1, 0.15) is 24.7 Å². The van der Waals surface area contributed by atoms with E-state index in [0.29, 0.717) is 17.9 Å². The lowest BCUT2D eigenvalue weighted by molar-refractivity contribution is -0.739. The summed E-state index contributed by atoms with van der Waals surface area (Å²) in [7, 11) is 0. The van der Waals surface area contributed by atoms with Crippen LogP contribution in [0.25, 0.3) is 0 Å². The van der Waals surface area contributed by atoms with E-state index in [0.717, 1.165) is 29.1 Å². The summed E-state index contributed by atoms with van der Waals surface area (Å²) in [4.78, 5) is 5.26. The monoisotopic (exact) mass is 393 g/mol. The van der Waals surface area contributed by atoms with Gasteiger partial charge in [-0.15, -0.1) is 0 Å². The number of hydrogen-bond donors (Lipinski definition) is 3. The molecule has 0 amide bonds. The van der Waals surface area contributed by atoms with E-state index < -0.39 is 11.7 Å². The molecule has 0 bridgehead atoms. The van der Waals surface area contributed by atoms with Crippen molar-refractivity contribution in [2.75, 3.05) is 6.61 Å². The second-order valence-electron chi connectivity index (χ2n) is 6.08. The standard InChI is InChI=1S/C19H19F3N4O2/c1-13(25-28-11-14-2-6-16(7-3-14)19(20,21)22)15-4-8-18(9-5-15)27-12-17-10-23-26-24-17/h2-10,23-24,26H,11-12H2,1H3/p+1. The molecule has 6 nitrogen and oxygen atoms in total. The minimum Gasteiger partial charge on any atom is -0.487 e. The van der Waals surface area contributed by atoms with Crippen molar-refractivity contribution >= 4 is 5.71 Å². The van der Waals surface area contributed by atoms with Crippen molar-refractivity contribution in [2.24, 2.45) is 5.16 Å². The zero-order valence-electron chi connectivity index (χ0n) is 15.1. The summed E-state index contributed by atoms with van der Waals surface area (Å²) in [5, 5.41) is 4.02. The summed E-state index contributed by atoms with van der Waals surface area (Å²) < 4.78 is 43.3. The van der Waals surface area contributed by atoms with Gasteiger partial charge < -0.3 is 9.57 Å². The Labute approximate surface area is 160 Å². The number of alkyl halides is 3. The molecule has 2 aromatic carbocycles. The van der Waals surface area contributed by atoms with Gasteiger partial charge in [-0.25, -0.2) is 10.9 Å². The topological polar surface area (TPSA) is 71.5 Å². The summed E-state index contributed by atoms with van der Waals surface area (Å²) in [5.74, 6) is 0.719. The van der Waals surface area contributed by atoms with Crippen molar-refractivity contribution in [3.63, 3.8) is 0 Å². The Kier molecular flexibility index (Phi) is 6.05. The third kappa shape index (κ3) is 5.40. The number of rotatable bonds is 7. The van der Waals surface area contributed by atoms with Crippen molar-refractivity contribution < 1.29 is 28.3 Å². The molecule has 3 rings (SSSR count). The van der Waals surface area contributed by atoms with E-state index >= 15 is 0 Å². The van der Waals surface area contributed by atoms with Crippen LogP contribution in [-0.4, -0.2) is 12.3 Å². The van der Waals surface area contributed by atoms with Crippen LogP contribution in [0.5, 0.6) is 5.75 Å². The number of oxime groups is 1. The van der Waals surface area contributed by atoms with E-state index in [2.05, 4.69) is 16.0 Å². The first-order valence-electron chi connectivity index (χ1n) is 8.51. The van der Waals surface area contributed by atoms with Crippen LogP contribution < -0.4 is 21.1 Å². The maximum Gasteiger partial charge on any atom is 0.416 e. The molecular formula is C19H20F3N4O2+. The first-order valence-corrected chi connectivity index (χ1v) is 8.51. The number of nitrogens with zero attached hydrogens (tertiary/aromatic N) is 1. The van der Waals surface area contributed by atoms with Crippen LogP contribution in [0.15, 0.2) is 65.6 Å². The van der Waals surface area contributed by atoms with Crippen LogP contribution in [0.1, 0.15) is 23.6 Å². The lowest BCUT2D eigenvalue weighted by Crippen LogP contribution is -2.96. The van der Waals surface area contributed by atoms with E-state index in [1.807, 2.05) is 30.5 Å². The average molecular weight is 393 g/mol. The summed E-state index contributed by atoms with van der Waals surface area (Å²) >= 11 is 0. The molecule has 28 heavy (non-hydrogen) atoms. The molecule has 1 aliphatic rings. The van der Waals surface area contributed by atoms with Crippen molar-refractivity contribution in [3.8, 4) is 5.75 Å². The van der Waals surface area contributed by atoms with Crippen LogP contribution >= 0.6 is 0 Å². The number of ether oxygens (including phenoxy) is 1. The number of benzene rings is 2. The van der Waals surface area contributed by atoms with Crippen molar-refractivity contribution in [1.82, 2.24) is 10.9 Å². The van der Waals surface area contributed by atoms with Gasteiger partial charge in [0.15, 0.2) is 0 Å². The summed E-state index contributed by atoms with van der Waals surface area (Å²) in [6.45, 7) is 2.30. The van der Waals surface area contributed by atoms with Gasteiger partial charge in [-0.05, 0) is 54.4 Å². The second-order valence-corrected chi connectivity index (χ2v) is 6.08.